The number of aliphatic hydroxyl groups excluding tert-OH is 1. The van der Waals surface area contributed by atoms with Gasteiger partial charge in [0.25, 0.3) is 0 Å². The lowest BCUT2D eigenvalue weighted by Gasteiger charge is -2.39. The highest BCUT2D eigenvalue weighted by molar-refractivity contribution is 5.84. The van der Waals surface area contributed by atoms with Crippen LogP contribution >= 0.6 is 0 Å². The fourth-order valence-corrected chi connectivity index (χ4v) is 5.15. The molecule has 7 nitrogen and oxygen atoms in total. The van der Waals surface area contributed by atoms with Gasteiger partial charge < -0.3 is 19.3 Å². The summed E-state index contributed by atoms with van der Waals surface area (Å²) in [5, 5.41) is 12.2. The molecule has 0 spiro atoms. The van der Waals surface area contributed by atoms with Crippen molar-refractivity contribution < 1.29 is 24.1 Å². The van der Waals surface area contributed by atoms with Crippen LogP contribution in [0.25, 0.3) is 0 Å². The Hall–Kier alpha value is -2.97. The van der Waals surface area contributed by atoms with Crippen molar-refractivity contribution in [2.45, 2.75) is 63.3 Å². The van der Waals surface area contributed by atoms with E-state index in [1.807, 2.05) is 48.5 Å². The lowest BCUT2D eigenvalue weighted by molar-refractivity contribution is -0.253. The molecular formula is C30H38N2O5. The lowest BCUT2D eigenvalue weighted by Crippen LogP contribution is -2.43. The molecule has 7 heteroatoms. The van der Waals surface area contributed by atoms with Crippen LogP contribution in [0.5, 0.6) is 0 Å². The van der Waals surface area contributed by atoms with E-state index in [4.69, 9.17) is 14.2 Å². The molecule has 1 saturated heterocycles. The smallest absolute Gasteiger partial charge is 0.411 e. The number of carbonyl (C=O) groups is 1. The second-order valence-corrected chi connectivity index (χ2v) is 9.67. The van der Waals surface area contributed by atoms with Crippen molar-refractivity contribution in [1.82, 2.24) is 4.90 Å². The molecule has 3 atom stereocenters. The summed E-state index contributed by atoms with van der Waals surface area (Å²) in [4.78, 5) is 14.5. The standard InChI is InChI=1S/C30H38N2O5/c1-3-16-32(26-10-5-6-11-26)20-27-19-28(23-14-12-22(21-33)13-15-23)37-29(36-27)24-8-7-9-25(18-24)31-30(34)35-17-4-2/h3-4,7-9,12-15,18,26-29,33H,1-2,5-6,10-11,16-17,19-21H2,(H,31,34)/t27-,28+,29+/m1/s1. The van der Waals surface area contributed by atoms with Crippen LogP contribution in [-0.4, -0.2) is 47.9 Å². The Balaban J connectivity index is 1.54. The van der Waals surface area contributed by atoms with Crippen LogP contribution in [-0.2, 0) is 20.8 Å². The van der Waals surface area contributed by atoms with Crippen molar-refractivity contribution in [1.29, 1.82) is 0 Å². The van der Waals surface area contributed by atoms with E-state index in [0.717, 1.165) is 36.2 Å². The van der Waals surface area contributed by atoms with Gasteiger partial charge in [0, 0.05) is 36.8 Å². The molecule has 2 aliphatic rings. The summed E-state index contributed by atoms with van der Waals surface area (Å²) >= 11 is 0. The third-order valence-electron chi connectivity index (χ3n) is 7.00. The van der Waals surface area contributed by atoms with Crippen LogP contribution in [0.3, 0.4) is 0 Å². The summed E-state index contributed by atoms with van der Waals surface area (Å²) in [6, 6.07) is 15.9. The van der Waals surface area contributed by atoms with Gasteiger partial charge in [-0.25, -0.2) is 4.79 Å². The molecule has 4 rings (SSSR count). The highest BCUT2D eigenvalue weighted by Gasteiger charge is 2.34. The summed E-state index contributed by atoms with van der Waals surface area (Å²) in [5.74, 6) is 0. The number of aliphatic hydroxyl groups is 1. The molecule has 37 heavy (non-hydrogen) atoms. The Morgan fingerprint density at radius 2 is 1.86 bits per heavy atom. The van der Waals surface area contributed by atoms with Crippen LogP contribution in [0.2, 0.25) is 0 Å². The molecule has 0 radical (unpaired) electrons. The van der Waals surface area contributed by atoms with Gasteiger partial charge in [-0.15, -0.1) is 6.58 Å². The number of rotatable bonds is 11. The first-order valence-electron chi connectivity index (χ1n) is 13.1. The summed E-state index contributed by atoms with van der Waals surface area (Å²) in [7, 11) is 0. The Kier molecular flexibility index (Phi) is 9.91. The third kappa shape index (κ3) is 7.52. The summed E-state index contributed by atoms with van der Waals surface area (Å²) in [6.07, 6.45) is 7.83. The Labute approximate surface area is 219 Å². The molecule has 2 N–H and O–H groups in total. The predicted octanol–water partition coefficient (Wildman–Crippen LogP) is 5.89. The van der Waals surface area contributed by atoms with Crippen molar-refractivity contribution in [2.24, 2.45) is 0 Å². The van der Waals surface area contributed by atoms with Crippen molar-refractivity contribution in [3.05, 3.63) is 90.5 Å². The largest absolute Gasteiger partial charge is 0.445 e. The first-order chi connectivity index (χ1) is 18.1. The van der Waals surface area contributed by atoms with Crippen molar-refractivity contribution >= 4 is 11.8 Å². The van der Waals surface area contributed by atoms with E-state index < -0.39 is 12.4 Å². The summed E-state index contributed by atoms with van der Waals surface area (Å²) < 4.78 is 18.1. The zero-order valence-electron chi connectivity index (χ0n) is 21.4. The van der Waals surface area contributed by atoms with E-state index in [1.165, 1.54) is 31.8 Å². The topological polar surface area (TPSA) is 80.3 Å². The second kappa shape index (κ2) is 13.5. The van der Waals surface area contributed by atoms with Crippen LogP contribution in [0.15, 0.2) is 73.8 Å². The maximum absolute atomic E-state index is 12.0. The van der Waals surface area contributed by atoms with Gasteiger partial charge in [0.15, 0.2) is 6.29 Å². The number of hydrogen-bond acceptors (Lipinski definition) is 6. The molecule has 0 aromatic heterocycles. The quantitative estimate of drug-likeness (QED) is 0.370. The van der Waals surface area contributed by atoms with E-state index in [-0.39, 0.29) is 25.4 Å². The first-order valence-corrected chi connectivity index (χ1v) is 13.1. The summed E-state index contributed by atoms with van der Waals surface area (Å²) in [6.45, 7) is 9.32. The average molecular weight is 507 g/mol. The minimum Gasteiger partial charge on any atom is -0.445 e. The minimum absolute atomic E-state index is 0.00704. The monoisotopic (exact) mass is 506 g/mol. The Morgan fingerprint density at radius 3 is 2.57 bits per heavy atom. The van der Waals surface area contributed by atoms with Crippen molar-refractivity contribution in [3.63, 3.8) is 0 Å². The molecule has 1 aliphatic heterocycles. The number of anilines is 1. The maximum atomic E-state index is 12.0. The minimum atomic E-state index is -0.596. The van der Waals surface area contributed by atoms with E-state index in [0.29, 0.717) is 11.7 Å². The molecule has 2 aromatic carbocycles. The molecule has 1 amide bonds. The van der Waals surface area contributed by atoms with Crippen LogP contribution in [0.4, 0.5) is 10.5 Å². The second-order valence-electron chi connectivity index (χ2n) is 9.67. The number of nitrogens with one attached hydrogen (secondary N) is 1. The molecule has 2 aromatic rings. The van der Waals surface area contributed by atoms with Gasteiger partial charge in [0.2, 0.25) is 0 Å². The van der Waals surface area contributed by atoms with E-state index in [1.54, 1.807) is 6.07 Å². The molecule has 1 saturated carbocycles. The van der Waals surface area contributed by atoms with E-state index >= 15 is 0 Å². The van der Waals surface area contributed by atoms with Gasteiger partial charge in [-0.05, 0) is 36.1 Å². The number of nitrogens with zero attached hydrogens (tertiary/aromatic N) is 1. The van der Waals surface area contributed by atoms with Crippen molar-refractivity contribution in [3.8, 4) is 0 Å². The van der Waals surface area contributed by atoms with Gasteiger partial charge >= 0.3 is 6.09 Å². The van der Waals surface area contributed by atoms with Gasteiger partial charge in [0.1, 0.15) is 6.61 Å². The molecule has 1 heterocycles. The highest BCUT2D eigenvalue weighted by Crippen LogP contribution is 2.39. The Bertz CT molecular complexity index is 1030. The van der Waals surface area contributed by atoms with Crippen LogP contribution in [0, 0.1) is 0 Å². The predicted molar refractivity (Wildman–Crippen MR) is 144 cm³/mol. The zero-order chi connectivity index (χ0) is 26.0. The molecule has 198 valence electrons. The number of hydrogen-bond donors (Lipinski definition) is 2. The molecule has 0 unspecified atom stereocenters. The van der Waals surface area contributed by atoms with E-state index in [2.05, 4.69) is 23.4 Å². The number of ether oxygens (including phenoxy) is 3. The van der Waals surface area contributed by atoms with Crippen LogP contribution < -0.4 is 5.32 Å². The fourth-order valence-electron chi connectivity index (χ4n) is 5.15. The fraction of sp³-hybridized carbons (Fsp3) is 0.433. The number of carbonyl (C=O) groups excluding carboxylic acids is 1. The molecule has 2 fully saturated rings. The maximum Gasteiger partial charge on any atom is 0.411 e. The third-order valence-corrected chi connectivity index (χ3v) is 7.00. The molecular weight excluding hydrogens is 468 g/mol. The van der Waals surface area contributed by atoms with Crippen LogP contribution in [0.1, 0.15) is 61.2 Å². The van der Waals surface area contributed by atoms with Gasteiger partial charge in [-0.3, -0.25) is 10.2 Å². The SMILES string of the molecule is C=CCOC(=O)Nc1cccc([C@H]2O[C@@H](CN(CC=C)C3CCCC3)C[C@@H](c3ccc(CO)cc3)O2)c1. The summed E-state index contributed by atoms with van der Waals surface area (Å²) in [5.41, 5.74) is 3.33. The highest BCUT2D eigenvalue weighted by atomic mass is 16.7. The van der Waals surface area contributed by atoms with Gasteiger partial charge in [0.05, 0.1) is 18.8 Å². The lowest BCUT2D eigenvalue weighted by atomic mass is 9.99. The molecule has 0 bridgehead atoms. The normalized spacial score (nSPS) is 22.1. The number of amides is 1. The first kappa shape index (κ1) is 27.1. The van der Waals surface area contributed by atoms with Gasteiger partial charge in [-0.2, -0.15) is 0 Å². The van der Waals surface area contributed by atoms with Gasteiger partial charge in [-0.1, -0.05) is 68.0 Å². The number of benzene rings is 2. The average Bonchev–Trinajstić information content (AvgIpc) is 3.47. The van der Waals surface area contributed by atoms with Crippen molar-refractivity contribution in [2.75, 3.05) is 25.0 Å². The molecule has 1 aliphatic carbocycles. The zero-order valence-corrected chi connectivity index (χ0v) is 21.4. The van der Waals surface area contributed by atoms with E-state index in [9.17, 15) is 9.90 Å². The Morgan fingerprint density at radius 1 is 1.08 bits per heavy atom.